The molecule has 0 aromatic heterocycles. The van der Waals surface area contributed by atoms with Crippen molar-refractivity contribution < 1.29 is 13.9 Å². The van der Waals surface area contributed by atoms with Crippen molar-refractivity contribution in [2.24, 2.45) is 0 Å². The van der Waals surface area contributed by atoms with E-state index in [9.17, 15) is 4.79 Å². The number of carbonyl (C=O) groups is 1. The minimum absolute atomic E-state index is 0.0310. The van der Waals surface area contributed by atoms with Gasteiger partial charge in [-0.2, -0.15) is 0 Å². The van der Waals surface area contributed by atoms with E-state index < -0.39 is 0 Å². The van der Waals surface area contributed by atoms with E-state index in [1.165, 1.54) is 0 Å². The number of nitrogens with zero attached hydrogens (tertiary/aromatic N) is 2. The zero-order valence-corrected chi connectivity index (χ0v) is 16.0. The Labute approximate surface area is 164 Å². The van der Waals surface area contributed by atoms with Crippen LogP contribution in [0.25, 0.3) is 11.5 Å². The van der Waals surface area contributed by atoms with E-state index in [1.54, 1.807) is 12.1 Å². The van der Waals surface area contributed by atoms with Crippen LogP contribution in [0.2, 0.25) is 0 Å². The van der Waals surface area contributed by atoms with Gasteiger partial charge in [0.15, 0.2) is 5.83 Å². The van der Waals surface area contributed by atoms with Gasteiger partial charge in [0.25, 0.3) is 0 Å². The highest BCUT2D eigenvalue weighted by Gasteiger charge is 2.29. The molecule has 2 aromatic carbocycles. The molecule has 0 spiro atoms. The van der Waals surface area contributed by atoms with Gasteiger partial charge in [-0.3, -0.25) is 9.69 Å². The monoisotopic (exact) mass is 381 g/mol. The Kier molecular flexibility index (Phi) is 5.30. The minimum atomic E-state index is -0.266. The topological polar surface area (TPSA) is 44.8 Å². The molecule has 1 saturated heterocycles. The quantitative estimate of drug-likeness (QED) is 0.882. The minimum Gasteiger partial charge on any atom is -0.456 e. The third kappa shape index (κ3) is 3.60. The van der Waals surface area contributed by atoms with Gasteiger partial charge in [-0.1, -0.05) is 24.3 Å². The summed E-state index contributed by atoms with van der Waals surface area (Å²) in [6.45, 7) is 5.64. The molecular formula is C22H24FN3O2. The van der Waals surface area contributed by atoms with Crippen LogP contribution in [0.5, 0.6) is 11.5 Å². The Balaban J connectivity index is 1.62. The third-order valence-electron chi connectivity index (χ3n) is 5.12. The molecule has 0 unspecified atom stereocenters. The van der Waals surface area contributed by atoms with E-state index in [0.717, 1.165) is 5.56 Å². The first-order valence-electron chi connectivity index (χ1n) is 9.68. The maximum Gasteiger partial charge on any atom is 0.234 e. The molecule has 0 saturated carbocycles. The van der Waals surface area contributed by atoms with Gasteiger partial charge in [0, 0.05) is 38.3 Å². The van der Waals surface area contributed by atoms with Crippen LogP contribution >= 0.6 is 0 Å². The van der Waals surface area contributed by atoms with Gasteiger partial charge in [0.2, 0.25) is 5.91 Å². The summed E-state index contributed by atoms with van der Waals surface area (Å²) in [6.07, 6.45) is 0. The van der Waals surface area contributed by atoms with Gasteiger partial charge in [-0.25, -0.2) is 4.39 Å². The number of carbonyl (C=O) groups excluding carboxylic acids is 1. The molecule has 28 heavy (non-hydrogen) atoms. The molecule has 1 amide bonds. The molecule has 2 aliphatic rings. The van der Waals surface area contributed by atoms with Crippen molar-refractivity contribution in [3.05, 3.63) is 59.7 Å². The molecule has 1 N–H and O–H groups in total. The normalized spacial score (nSPS) is 16.7. The average molecular weight is 381 g/mol. The fourth-order valence-electron chi connectivity index (χ4n) is 3.75. The summed E-state index contributed by atoms with van der Waals surface area (Å²) in [6, 6.07) is 14.8. The molecule has 0 bridgehead atoms. The zero-order chi connectivity index (χ0) is 19.5. The highest BCUT2D eigenvalue weighted by Crippen LogP contribution is 2.44. The first-order chi connectivity index (χ1) is 13.7. The lowest BCUT2D eigenvalue weighted by molar-refractivity contribution is -0.122. The summed E-state index contributed by atoms with van der Waals surface area (Å²) in [4.78, 5) is 16.0. The molecule has 2 heterocycles. The number of halogens is 1. The summed E-state index contributed by atoms with van der Waals surface area (Å²) in [5, 5.41) is 2.83. The highest BCUT2D eigenvalue weighted by molar-refractivity contribution is 5.91. The number of likely N-dealkylation sites (N-methyl/N-ethyl adjacent to an activating group) is 1. The first-order valence-corrected chi connectivity index (χ1v) is 9.68. The number of piperazine rings is 1. The number of ether oxygens (including phenoxy) is 1. The van der Waals surface area contributed by atoms with Crippen molar-refractivity contribution in [1.29, 1.82) is 0 Å². The Bertz CT molecular complexity index is 904. The van der Waals surface area contributed by atoms with Crippen LogP contribution < -0.4 is 10.1 Å². The number of hydrogen-bond acceptors (Lipinski definition) is 4. The SMILES string of the molecule is CCNC(=O)CN1CCN(C2=C(F)c3ccccc3Oc3ccccc32)CC1. The Morgan fingerprint density at radius 1 is 1.00 bits per heavy atom. The van der Waals surface area contributed by atoms with Crippen LogP contribution in [0.4, 0.5) is 4.39 Å². The van der Waals surface area contributed by atoms with Gasteiger partial charge in [-0.05, 0) is 31.2 Å². The van der Waals surface area contributed by atoms with Crippen molar-refractivity contribution in [2.45, 2.75) is 6.92 Å². The van der Waals surface area contributed by atoms with Crippen molar-refractivity contribution >= 4 is 17.4 Å². The van der Waals surface area contributed by atoms with Gasteiger partial charge in [0.1, 0.15) is 11.5 Å². The largest absolute Gasteiger partial charge is 0.456 e. The summed E-state index contributed by atoms with van der Waals surface area (Å²) in [5.41, 5.74) is 1.80. The van der Waals surface area contributed by atoms with E-state index in [2.05, 4.69) is 15.1 Å². The van der Waals surface area contributed by atoms with Crippen LogP contribution in [0, 0.1) is 0 Å². The Morgan fingerprint density at radius 2 is 1.61 bits per heavy atom. The van der Waals surface area contributed by atoms with Gasteiger partial charge >= 0.3 is 0 Å². The van der Waals surface area contributed by atoms with Crippen molar-refractivity contribution in [2.75, 3.05) is 39.3 Å². The zero-order valence-electron chi connectivity index (χ0n) is 16.0. The van der Waals surface area contributed by atoms with Crippen LogP contribution in [-0.2, 0) is 4.79 Å². The van der Waals surface area contributed by atoms with Crippen LogP contribution in [0.15, 0.2) is 48.5 Å². The van der Waals surface area contributed by atoms with E-state index in [1.807, 2.05) is 43.3 Å². The molecule has 0 aliphatic carbocycles. The molecule has 2 aromatic rings. The molecule has 1 fully saturated rings. The standard InChI is InChI=1S/C22H24FN3O2/c1-2-24-20(27)15-25-11-13-26(14-12-25)22-17-8-4-6-10-19(17)28-18-9-5-3-7-16(18)21(22)23/h3-10H,2,11-15H2,1H3,(H,24,27). The van der Waals surface area contributed by atoms with Gasteiger partial charge < -0.3 is 15.0 Å². The predicted octanol–water partition coefficient (Wildman–Crippen LogP) is 3.34. The van der Waals surface area contributed by atoms with E-state index in [4.69, 9.17) is 4.74 Å². The Morgan fingerprint density at radius 3 is 2.29 bits per heavy atom. The van der Waals surface area contributed by atoms with Crippen LogP contribution in [-0.4, -0.2) is 55.0 Å². The maximum absolute atomic E-state index is 15.7. The average Bonchev–Trinajstić information content (AvgIpc) is 2.83. The van der Waals surface area contributed by atoms with E-state index >= 15 is 4.39 Å². The molecule has 0 atom stereocenters. The second-order valence-electron chi connectivity index (χ2n) is 6.97. The summed E-state index contributed by atoms with van der Waals surface area (Å²) < 4.78 is 21.7. The van der Waals surface area contributed by atoms with E-state index in [0.29, 0.717) is 62.0 Å². The number of fused-ring (bicyclic) bond motifs is 2. The smallest absolute Gasteiger partial charge is 0.234 e. The van der Waals surface area contributed by atoms with Gasteiger partial charge in [0.05, 0.1) is 17.8 Å². The van der Waals surface area contributed by atoms with Crippen molar-refractivity contribution in [3.8, 4) is 11.5 Å². The predicted molar refractivity (Wildman–Crippen MR) is 108 cm³/mol. The lowest BCUT2D eigenvalue weighted by Gasteiger charge is -2.37. The highest BCUT2D eigenvalue weighted by atomic mass is 19.1. The first kappa shape index (κ1) is 18.5. The molecule has 0 radical (unpaired) electrons. The van der Waals surface area contributed by atoms with Crippen LogP contribution in [0.3, 0.4) is 0 Å². The molecular weight excluding hydrogens is 357 g/mol. The second kappa shape index (κ2) is 8.02. The number of benzene rings is 2. The summed E-state index contributed by atoms with van der Waals surface area (Å²) in [7, 11) is 0. The lowest BCUT2D eigenvalue weighted by atomic mass is 10.0. The molecule has 2 aliphatic heterocycles. The maximum atomic E-state index is 15.7. The molecule has 146 valence electrons. The van der Waals surface area contributed by atoms with Gasteiger partial charge in [-0.15, -0.1) is 0 Å². The number of hydrogen-bond donors (Lipinski definition) is 1. The molecule has 6 heteroatoms. The van der Waals surface area contributed by atoms with Crippen molar-refractivity contribution in [1.82, 2.24) is 15.1 Å². The number of nitrogens with one attached hydrogen (secondary N) is 1. The number of rotatable bonds is 4. The lowest BCUT2D eigenvalue weighted by Crippen LogP contribution is -2.48. The van der Waals surface area contributed by atoms with Crippen molar-refractivity contribution in [3.63, 3.8) is 0 Å². The second-order valence-corrected chi connectivity index (χ2v) is 6.97. The summed E-state index contributed by atoms with van der Waals surface area (Å²) in [5.74, 6) is 0.945. The summed E-state index contributed by atoms with van der Waals surface area (Å²) >= 11 is 0. The number of para-hydroxylation sites is 2. The molecule has 5 nitrogen and oxygen atoms in total. The fraction of sp³-hybridized carbons (Fsp3) is 0.318. The van der Waals surface area contributed by atoms with E-state index in [-0.39, 0.29) is 11.7 Å². The Hall–Kier alpha value is -2.86. The number of amides is 1. The molecule has 4 rings (SSSR count). The fourth-order valence-corrected chi connectivity index (χ4v) is 3.75. The van der Waals surface area contributed by atoms with Crippen LogP contribution in [0.1, 0.15) is 18.1 Å². The third-order valence-corrected chi connectivity index (χ3v) is 5.12.